The van der Waals surface area contributed by atoms with Crippen molar-refractivity contribution < 1.29 is 33.0 Å². The predicted octanol–water partition coefficient (Wildman–Crippen LogP) is 3.84. The molecule has 0 atom stereocenters. The third-order valence-electron chi connectivity index (χ3n) is 4.25. The molecule has 0 amide bonds. The molecule has 33 heavy (non-hydrogen) atoms. The number of rotatable bonds is 2. The van der Waals surface area contributed by atoms with E-state index in [1.165, 1.54) is 0 Å². The molecule has 2 aliphatic rings. The minimum absolute atomic E-state index is 0.939. The molecule has 0 saturated heterocycles. The first-order chi connectivity index (χ1) is 15.5. The molecule has 0 fully saturated rings. The van der Waals surface area contributed by atoms with Crippen LogP contribution < -0.4 is 0 Å². The van der Waals surface area contributed by atoms with Gasteiger partial charge in [0.25, 0.3) is 0 Å². The van der Waals surface area contributed by atoms with Crippen LogP contribution >= 0.6 is 15.6 Å². The highest BCUT2D eigenvalue weighted by molar-refractivity contribution is 7.60. The minimum atomic E-state index is -5.05. The monoisotopic (exact) mass is 488 g/mol. The van der Waals surface area contributed by atoms with Crippen LogP contribution in [0.4, 0.5) is 0 Å². The van der Waals surface area contributed by atoms with Gasteiger partial charge in [-0.1, -0.05) is 0 Å². The Morgan fingerprint density at radius 2 is 0.848 bits per heavy atom. The van der Waals surface area contributed by atoms with Crippen molar-refractivity contribution in [2.75, 3.05) is 0 Å². The van der Waals surface area contributed by atoms with Crippen LogP contribution in [0.1, 0.15) is 22.8 Å². The van der Waals surface area contributed by atoms with Crippen LogP contribution in [0.2, 0.25) is 0 Å². The van der Waals surface area contributed by atoms with Crippen LogP contribution in [-0.4, -0.2) is 39.5 Å². The zero-order chi connectivity index (χ0) is 23.6. The molecular weight excluding hydrogens is 470 g/mol. The zero-order valence-corrected chi connectivity index (χ0v) is 18.5. The Labute approximate surface area is 186 Å². The molecule has 2 aliphatic heterocycles. The maximum Gasteiger partial charge on any atom is 0.478 e. The summed E-state index contributed by atoms with van der Waals surface area (Å²) in [6.45, 7) is 0. The van der Waals surface area contributed by atoms with Gasteiger partial charge >= 0.3 is 15.6 Å². The summed E-state index contributed by atoms with van der Waals surface area (Å²) in [6.07, 6.45) is 8.09. The number of nitrogens with one attached hydrogen (secondary N) is 2. The van der Waals surface area contributed by atoms with Crippen LogP contribution in [-0.2, 0) is 13.4 Å². The van der Waals surface area contributed by atoms with Gasteiger partial charge in [0.2, 0.25) is 0 Å². The lowest BCUT2D eigenvalue weighted by molar-refractivity contribution is 0.225. The van der Waals surface area contributed by atoms with Crippen molar-refractivity contribution in [3.8, 4) is 0 Å². The lowest BCUT2D eigenvalue weighted by Gasteiger charge is -2.03. The average molecular weight is 488 g/mol. The Morgan fingerprint density at radius 1 is 0.576 bits per heavy atom. The summed E-state index contributed by atoms with van der Waals surface area (Å²) in [6, 6.07) is 16.4. The van der Waals surface area contributed by atoms with Crippen molar-refractivity contribution in [1.82, 2.24) is 19.9 Å². The van der Waals surface area contributed by atoms with Crippen LogP contribution in [0.25, 0.3) is 46.4 Å². The molecule has 0 radical (unpaired) electrons. The fourth-order valence-electron chi connectivity index (χ4n) is 3.08. The van der Waals surface area contributed by atoms with E-state index in [1.807, 2.05) is 48.6 Å². The van der Waals surface area contributed by atoms with E-state index in [0.717, 1.165) is 44.8 Å². The van der Waals surface area contributed by atoms with Gasteiger partial charge in [-0.25, -0.2) is 19.1 Å². The van der Waals surface area contributed by atoms with Gasteiger partial charge in [0, 0.05) is 22.1 Å². The van der Waals surface area contributed by atoms with E-state index < -0.39 is 15.6 Å². The van der Waals surface area contributed by atoms with Gasteiger partial charge in [-0.15, -0.1) is 0 Å². The molecule has 5 rings (SSSR count). The topological polar surface area (TPSA) is 182 Å². The summed E-state index contributed by atoms with van der Waals surface area (Å²) in [4.78, 5) is 47.0. The summed E-state index contributed by atoms with van der Waals surface area (Å²) < 4.78 is 22.2. The number of aromatic amines is 2. The van der Waals surface area contributed by atoms with E-state index in [9.17, 15) is 9.13 Å². The molecule has 5 heterocycles. The number of phosphoric acid groups is 2. The third-order valence-corrected chi connectivity index (χ3v) is 5.96. The predicted molar refractivity (Wildman–Crippen MR) is 124 cm³/mol. The standard InChI is InChI=1S/C20H14N4.H4O7P2/c1-2-14-10-16-5-6-18(23-16)12-20-8-7-19(24-20)11-17-4-3-15(22-17)9-13(1)21-14;1-8(2,3)7-9(4,5)6/h1-12,21,24H;(H2,1,2,3)(H2,4,5,6). The second-order valence-electron chi connectivity index (χ2n) is 6.97. The molecule has 6 N–H and O–H groups in total. The first-order valence-electron chi connectivity index (χ1n) is 9.38. The number of H-pyrrole nitrogens is 2. The average Bonchev–Trinajstić information content (AvgIpc) is 3.44. The van der Waals surface area contributed by atoms with Gasteiger partial charge in [-0.2, -0.15) is 4.31 Å². The smallest absolute Gasteiger partial charge is 0.355 e. The first kappa shape index (κ1) is 23.0. The van der Waals surface area contributed by atoms with Crippen LogP contribution in [0, 0.1) is 0 Å². The van der Waals surface area contributed by atoms with E-state index in [2.05, 4.69) is 48.5 Å². The largest absolute Gasteiger partial charge is 0.478 e. The lowest BCUT2D eigenvalue weighted by Crippen LogP contribution is -1.84. The van der Waals surface area contributed by atoms with Gasteiger partial charge in [0.05, 0.1) is 22.8 Å². The molecule has 0 saturated carbocycles. The SMILES string of the molecule is C1=Cc2cc3ccc(cc4nc(cc5ccc(cc1n2)[nH]5)C=C4)[nH]3.O=P(O)(O)OP(=O)(O)O. The number of hydrogen-bond acceptors (Lipinski definition) is 5. The zero-order valence-electron chi connectivity index (χ0n) is 16.7. The molecule has 8 bridgehead atoms. The Bertz CT molecular complexity index is 1320. The summed E-state index contributed by atoms with van der Waals surface area (Å²) in [5, 5.41) is 0. The second kappa shape index (κ2) is 9.01. The third kappa shape index (κ3) is 6.92. The van der Waals surface area contributed by atoms with Crippen molar-refractivity contribution in [1.29, 1.82) is 0 Å². The van der Waals surface area contributed by atoms with Crippen molar-refractivity contribution in [2.45, 2.75) is 0 Å². The Hall–Kier alpha value is -3.14. The second-order valence-corrected chi connectivity index (χ2v) is 9.58. The van der Waals surface area contributed by atoms with Gasteiger partial charge in [-0.05, 0) is 72.8 Å². The Morgan fingerprint density at radius 3 is 1.06 bits per heavy atom. The van der Waals surface area contributed by atoms with E-state index in [1.54, 1.807) is 0 Å². The molecule has 11 nitrogen and oxygen atoms in total. The molecule has 0 unspecified atom stereocenters. The van der Waals surface area contributed by atoms with E-state index in [-0.39, 0.29) is 0 Å². The van der Waals surface area contributed by atoms with Gasteiger partial charge in [-0.3, -0.25) is 0 Å². The van der Waals surface area contributed by atoms with Gasteiger partial charge in [0.15, 0.2) is 0 Å². The number of aromatic nitrogens is 4. The summed E-state index contributed by atoms with van der Waals surface area (Å²) in [5.74, 6) is 0. The molecule has 13 heteroatoms. The first-order valence-corrected chi connectivity index (χ1v) is 12.4. The van der Waals surface area contributed by atoms with Crippen LogP contribution in [0.15, 0.2) is 48.5 Å². The minimum Gasteiger partial charge on any atom is -0.355 e. The Balaban J connectivity index is 0.000000248. The quantitative estimate of drug-likeness (QED) is 0.201. The van der Waals surface area contributed by atoms with E-state index in [0.29, 0.717) is 0 Å². The van der Waals surface area contributed by atoms with E-state index in [4.69, 9.17) is 19.6 Å². The van der Waals surface area contributed by atoms with Crippen LogP contribution in [0.5, 0.6) is 0 Å². The van der Waals surface area contributed by atoms with E-state index >= 15 is 0 Å². The summed E-state index contributed by atoms with van der Waals surface area (Å²) >= 11 is 0. The highest BCUT2D eigenvalue weighted by Gasteiger charge is 2.27. The molecular formula is C20H18N4O7P2. The number of hydrogen-bond donors (Lipinski definition) is 6. The van der Waals surface area contributed by atoms with Crippen molar-refractivity contribution in [3.05, 3.63) is 71.3 Å². The molecule has 3 aromatic heterocycles. The maximum absolute atomic E-state index is 9.63. The number of nitrogens with zero attached hydrogens (tertiary/aromatic N) is 2. The van der Waals surface area contributed by atoms with Crippen molar-refractivity contribution in [2.24, 2.45) is 0 Å². The fourth-order valence-corrected chi connectivity index (χ4v) is 4.19. The maximum atomic E-state index is 9.63. The fraction of sp³-hybridized carbons (Fsp3) is 0. The number of fused-ring (bicyclic) bond motifs is 8. The highest BCUT2D eigenvalue weighted by Crippen LogP contribution is 2.53. The molecule has 0 aromatic carbocycles. The van der Waals surface area contributed by atoms with Gasteiger partial charge in [0.1, 0.15) is 0 Å². The lowest BCUT2D eigenvalue weighted by atomic mass is 10.3. The molecule has 0 aliphatic carbocycles. The molecule has 0 spiro atoms. The molecule has 3 aromatic rings. The highest BCUT2D eigenvalue weighted by atomic mass is 31.3. The van der Waals surface area contributed by atoms with Gasteiger partial charge < -0.3 is 29.5 Å². The van der Waals surface area contributed by atoms with Crippen LogP contribution in [0.3, 0.4) is 0 Å². The van der Waals surface area contributed by atoms with Crippen molar-refractivity contribution in [3.63, 3.8) is 0 Å². The summed E-state index contributed by atoms with van der Waals surface area (Å²) in [7, 11) is -10.1. The normalized spacial score (nSPS) is 13.0. The Kier molecular flexibility index (Phi) is 6.29. The molecule has 170 valence electrons. The summed E-state index contributed by atoms with van der Waals surface area (Å²) in [5.41, 5.74) is 7.86. The van der Waals surface area contributed by atoms with Crippen molar-refractivity contribution >= 4 is 62.0 Å².